The molecule has 3 rings (SSSR count). The van der Waals surface area contributed by atoms with E-state index in [2.05, 4.69) is 52.3 Å². The van der Waals surface area contributed by atoms with Crippen LogP contribution in [0.1, 0.15) is 31.6 Å². The monoisotopic (exact) mass is 301 g/mol. The SMILES string of the molecule is CSC(C)CN1CCCC1c1ncc(-c2ccccc2)[nH]1. The van der Waals surface area contributed by atoms with Crippen LogP contribution in [-0.2, 0) is 0 Å². The highest BCUT2D eigenvalue weighted by Crippen LogP contribution is 2.32. The summed E-state index contributed by atoms with van der Waals surface area (Å²) in [5.74, 6) is 1.12. The molecule has 2 heterocycles. The van der Waals surface area contributed by atoms with Crippen LogP contribution in [0.2, 0.25) is 0 Å². The molecule has 0 spiro atoms. The molecule has 1 aromatic heterocycles. The molecule has 1 aliphatic rings. The van der Waals surface area contributed by atoms with Crippen LogP contribution in [0.4, 0.5) is 0 Å². The normalized spacial score (nSPS) is 20.8. The molecule has 3 nitrogen and oxygen atoms in total. The van der Waals surface area contributed by atoms with Crippen molar-refractivity contribution in [3.8, 4) is 11.3 Å². The van der Waals surface area contributed by atoms with Crippen LogP contribution in [-0.4, -0.2) is 39.5 Å². The number of aromatic nitrogens is 2. The molecule has 4 heteroatoms. The van der Waals surface area contributed by atoms with E-state index in [0.29, 0.717) is 11.3 Å². The molecule has 2 atom stereocenters. The number of aromatic amines is 1. The Labute approximate surface area is 131 Å². The van der Waals surface area contributed by atoms with Gasteiger partial charge in [0.1, 0.15) is 5.82 Å². The highest BCUT2D eigenvalue weighted by molar-refractivity contribution is 7.99. The molecule has 1 fully saturated rings. The van der Waals surface area contributed by atoms with Crippen LogP contribution < -0.4 is 0 Å². The van der Waals surface area contributed by atoms with E-state index in [1.807, 2.05) is 24.0 Å². The van der Waals surface area contributed by atoms with E-state index in [0.717, 1.165) is 18.1 Å². The van der Waals surface area contributed by atoms with Crippen molar-refractivity contribution in [3.05, 3.63) is 42.4 Å². The molecule has 0 saturated carbocycles. The minimum atomic E-state index is 0.456. The lowest BCUT2D eigenvalue weighted by atomic mass is 10.2. The van der Waals surface area contributed by atoms with Crippen LogP contribution in [0.25, 0.3) is 11.3 Å². The van der Waals surface area contributed by atoms with Gasteiger partial charge in [0, 0.05) is 11.8 Å². The van der Waals surface area contributed by atoms with Gasteiger partial charge in [0.2, 0.25) is 0 Å². The quantitative estimate of drug-likeness (QED) is 0.907. The van der Waals surface area contributed by atoms with Crippen molar-refractivity contribution in [3.63, 3.8) is 0 Å². The van der Waals surface area contributed by atoms with Crippen molar-refractivity contribution in [2.24, 2.45) is 0 Å². The number of likely N-dealkylation sites (tertiary alicyclic amines) is 1. The number of hydrogen-bond acceptors (Lipinski definition) is 3. The first-order valence-corrected chi connectivity index (χ1v) is 8.94. The first-order valence-electron chi connectivity index (χ1n) is 7.65. The highest BCUT2D eigenvalue weighted by atomic mass is 32.2. The van der Waals surface area contributed by atoms with Gasteiger partial charge in [-0.2, -0.15) is 11.8 Å². The topological polar surface area (TPSA) is 31.9 Å². The van der Waals surface area contributed by atoms with E-state index < -0.39 is 0 Å². The number of imidazole rings is 1. The molecule has 0 radical (unpaired) electrons. The number of H-pyrrole nitrogens is 1. The molecule has 1 saturated heterocycles. The lowest BCUT2D eigenvalue weighted by Gasteiger charge is -2.25. The van der Waals surface area contributed by atoms with E-state index in [9.17, 15) is 0 Å². The molecular weight excluding hydrogens is 278 g/mol. The number of nitrogens with one attached hydrogen (secondary N) is 1. The summed E-state index contributed by atoms with van der Waals surface area (Å²) in [6.07, 6.45) is 6.64. The van der Waals surface area contributed by atoms with Crippen molar-refractivity contribution in [1.29, 1.82) is 0 Å². The van der Waals surface area contributed by atoms with Gasteiger partial charge in [0.15, 0.2) is 0 Å². The first-order chi connectivity index (χ1) is 10.3. The minimum absolute atomic E-state index is 0.456. The van der Waals surface area contributed by atoms with Gasteiger partial charge < -0.3 is 4.98 Å². The summed E-state index contributed by atoms with van der Waals surface area (Å²) in [7, 11) is 0. The van der Waals surface area contributed by atoms with Crippen molar-refractivity contribution < 1.29 is 0 Å². The molecule has 1 aliphatic heterocycles. The van der Waals surface area contributed by atoms with Crippen LogP contribution in [0.15, 0.2) is 36.5 Å². The lowest BCUT2D eigenvalue weighted by Crippen LogP contribution is -2.29. The third-order valence-corrected chi connectivity index (χ3v) is 5.21. The van der Waals surface area contributed by atoms with Crippen LogP contribution in [0.5, 0.6) is 0 Å². The Morgan fingerprint density at radius 3 is 2.95 bits per heavy atom. The van der Waals surface area contributed by atoms with Gasteiger partial charge in [-0.15, -0.1) is 0 Å². The van der Waals surface area contributed by atoms with Gasteiger partial charge in [-0.05, 0) is 31.2 Å². The fraction of sp³-hybridized carbons (Fsp3) is 0.471. The third kappa shape index (κ3) is 3.33. The van der Waals surface area contributed by atoms with Gasteiger partial charge in [-0.1, -0.05) is 37.3 Å². The Morgan fingerprint density at radius 2 is 2.19 bits per heavy atom. The van der Waals surface area contributed by atoms with Gasteiger partial charge >= 0.3 is 0 Å². The number of thioether (sulfide) groups is 1. The smallest absolute Gasteiger partial charge is 0.123 e. The van der Waals surface area contributed by atoms with Crippen molar-refractivity contribution in [1.82, 2.24) is 14.9 Å². The number of nitrogens with zero attached hydrogens (tertiary/aromatic N) is 2. The minimum Gasteiger partial charge on any atom is -0.341 e. The maximum absolute atomic E-state index is 4.65. The average Bonchev–Trinajstić information content (AvgIpc) is 3.16. The number of hydrogen-bond donors (Lipinski definition) is 1. The van der Waals surface area contributed by atoms with Gasteiger partial charge in [-0.25, -0.2) is 4.98 Å². The van der Waals surface area contributed by atoms with E-state index in [-0.39, 0.29) is 0 Å². The van der Waals surface area contributed by atoms with E-state index in [1.54, 1.807) is 0 Å². The van der Waals surface area contributed by atoms with E-state index >= 15 is 0 Å². The molecule has 21 heavy (non-hydrogen) atoms. The largest absolute Gasteiger partial charge is 0.341 e. The van der Waals surface area contributed by atoms with Crippen LogP contribution >= 0.6 is 11.8 Å². The predicted octanol–water partition coefficient (Wildman–Crippen LogP) is 3.97. The zero-order chi connectivity index (χ0) is 14.7. The Morgan fingerprint density at radius 1 is 1.38 bits per heavy atom. The second-order valence-electron chi connectivity index (χ2n) is 5.75. The maximum atomic E-state index is 4.65. The Balaban J connectivity index is 1.76. The molecule has 2 unspecified atom stereocenters. The second-order valence-corrected chi connectivity index (χ2v) is 7.02. The molecule has 1 aromatic carbocycles. The zero-order valence-corrected chi connectivity index (χ0v) is 13.6. The summed E-state index contributed by atoms with van der Waals surface area (Å²) in [4.78, 5) is 10.8. The fourth-order valence-corrected chi connectivity index (χ4v) is 3.37. The summed E-state index contributed by atoms with van der Waals surface area (Å²) in [6, 6.07) is 10.9. The Kier molecular flexibility index (Phi) is 4.66. The van der Waals surface area contributed by atoms with Gasteiger partial charge in [-0.3, -0.25) is 4.90 Å². The molecule has 1 N–H and O–H groups in total. The maximum Gasteiger partial charge on any atom is 0.123 e. The molecule has 0 amide bonds. The van der Waals surface area contributed by atoms with Crippen molar-refractivity contribution in [2.45, 2.75) is 31.1 Å². The zero-order valence-electron chi connectivity index (χ0n) is 12.7. The number of benzene rings is 1. The summed E-state index contributed by atoms with van der Waals surface area (Å²) in [5.41, 5.74) is 2.33. The Bertz CT molecular complexity index is 566. The molecule has 112 valence electrons. The summed E-state index contributed by atoms with van der Waals surface area (Å²) in [5, 5.41) is 0.675. The average molecular weight is 301 g/mol. The summed E-state index contributed by atoms with van der Waals surface area (Å²) in [6.45, 7) is 4.64. The molecular formula is C17H23N3S. The Hall–Kier alpha value is -1.26. The van der Waals surface area contributed by atoms with E-state index in [4.69, 9.17) is 0 Å². The van der Waals surface area contributed by atoms with Crippen LogP contribution in [0, 0.1) is 0 Å². The third-order valence-electron chi connectivity index (χ3n) is 4.25. The van der Waals surface area contributed by atoms with Crippen LogP contribution in [0.3, 0.4) is 0 Å². The van der Waals surface area contributed by atoms with Gasteiger partial charge in [0.25, 0.3) is 0 Å². The fourth-order valence-electron chi connectivity index (χ4n) is 3.03. The van der Waals surface area contributed by atoms with Crippen molar-refractivity contribution in [2.75, 3.05) is 19.3 Å². The lowest BCUT2D eigenvalue weighted by molar-refractivity contribution is 0.253. The molecule has 2 aromatic rings. The summed E-state index contributed by atoms with van der Waals surface area (Å²) < 4.78 is 0. The van der Waals surface area contributed by atoms with E-state index in [1.165, 1.54) is 24.9 Å². The molecule has 0 bridgehead atoms. The predicted molar refractivity (Wildman–Crippen MR) is 90.5 cm³/mol. The summed E-state index contributed by atoms with van der Waals surface area (Å²) >= 11 is 1.94. The van der Waals surface area contributed by atoms with Gasteiger partial charge in [0.05, 0.1) is 17.9 Å². The molecule has 0 aliphatic carbocycles. The number of rotatable bonds is 5. The second kappa shape index (κ2) is 6.67. The first kappa shape index (κ1) is 14.7. The highest BCUT2D eigenvalue weighted by Gasteiger charge is 2.29. The van der Waals surface area contributed by atoms with Crippen molar-refractivity contribution >= 4 is 11.8 Å². The standard InChI is InChI=1S/C17H23N3S/c1-13(21-2)12-20-10-6-9-16(20)17-18-11-15(19-17)14-7-4-3-5-8-14/h3-5,7-8,11,13,16H,6,9-10,12H2,1-2H3,(H,18,19).